The SMILES string of the molecule is CC(OCCC1CC1)C(=O)Nc1nc2ccc(N)cc2s1. The van der Waals surface area contributed by atoms with Crippen LogP contribution in [0.1, 0.15) is 26.2 Å². The number of nitrogens with one attached hydrogen (secondary N) is 1. The Bertz CT molecular complexity index is 651. The summed E-state index contributed by atoms with van der Waals surface area (Å²) in [6.45, 7) is 2.42. The Morgan fingerprint density at radius 1 is 1.57 bits per heavy atom. The van der Waals surface area contributed by atoms with Gasteiger partial charge in [-0.3, -0.25) is 10.1 Å². The molecule has 0 spiro atoms. The van der Waals surface area contributed by atoms with Gasteiger partial charge in [-0.2, -0.15) is 0 Å². The lowest BCUT2D eigenvalue weighted by atomic mass is 10.3. The molecule has 1 aliphatic carbocycles. The number of benzene rings is 1. The van der Waals surface area contributed by atoms with Crippen molar-refractivity contribution in [2.75, 3.05) is 17.7 Å². The summed E-state index contributed by atoms with van der Waals surface area (Å²) < 4.78 is 6.53. The van der Waals surface area contributed by atoms with E-state index in [0.717, 1.165) is 22.6 Å². The topological polar surface area (TPSA) is 77.2 Å². The molecule has 1 unspecified atom stereocenters. The number of ether oxygens (including phenoxy) is 1. The fourth-order valence-corrected chi connectivity index (χ4v) is 3.01. The van der Waals surface area contributed by atoms with Crippen molar-refractivity contribution in [2.24, 2.45) is 5.92 Å². The molecule has 1 aromatic heterocycles. The van der Waals surface area contributed by atoms with Crippen LogP contribution < -0.4 is 11.1 Å². The average Bonchev–Trinajstić information content (AvgIpc) is 3.18. The Hall–Kier alpha value is -1.66. The number of rotatable bonds is 6. The van der Waals surface area contributed by atoms with E-state index >= 15 is 0 Å². The van der Waals surface area contributed by atoms with Crippen molar-refractivity contribution >= 4 is 38.3 Å². The number of carbonyl (C=O) groups is 1. The van der Waals surface area contributed by atoms with Crippen LogP contribution in [-0.4, -0.2) is 23.6 Å². The Morgan fingerprint density at radius 2 is 2.38 bits per heavy atom. The first-order valence-electron chi connectivity index (χ1n) is 7.20. The van der Waals surface area contributed by atoms with Crippen LogP contribution in [0, 0.1) is 5.92 Å². The number of nitrogen functional groups attached to an aromatic ring is 1. The first kappa shape index (κ1) is 14.3. The van der Waals surface area contributed by atoms with E-state index in [1.54, 1.807) is 13.0 Å². The summed E-state index contributed by atoms with van der Waals surface area (Å²) in [4.78, 5) is 16.4. The fourth-order valence-electron chi connectivity index (χ4n) is 2.10. The molecule has 1 fully saturated rings. The van der Waals surface area contributed by atoms with Crippen molar-refractivity contribution in [1.29, 1.82) is 0 Å². The zero-order valence-electron chi connectivity index (χ0n) is 12.0. The maximum absolute atomic E-state index is 12.1. The number of thiazole rings is 1. The summed E-state index contributed by atoms with van der Waals surface area (Å²) >= 11 is 1.42. The molecule has 0 aliphatic heterocycles. The van der Waals surface area contributed by atoms with Gasteiger partial charge in [0.1, 0.15) is 6.10 Å². The van der Waals surface area contributed by atoms with Gasteiger partial charge in [0.15, 0.2) is 5.13 Å². The molecular weight excluding hydrogens is 286 g/mol. The maximum Gasteiger partial charge on any atom is 0.254 e. The van der Waals surface area contributed by atoms with Crippen molar-refractivity contribution < 1.29 is 9.53 Å². The molecule has 0 radical (unpaired) electrons. The second-order valence-electron chi connectivity index (χ2n) is 5.48. The van der Waals surface area contributed by atoms with Gasteiger partial charge in [-0.25, -0.2) is 4.98 Å². The molecule has 112 valence electrons. The lowest BCUT2D eigenvalue weighted by Crippen LogP contribution is -2.28. The average molecular weight is 305 g/mol. The molecule has 1 aliphatic rings. The van der Waals surface area contributed by atoms with Crippen molar-refractivity contribution in [3.63, 3.8) is 0 Å². The highest BCUT2D eigenvalue weighted by atomic mass is 32.1. The first-order valence-corrected chi connectivity index (χ1v) is 8.02. The van der Waals surface area contributed by atoms with E-state index in [1.165, 1.54) is 24.2 Å². The van der Waals surface area contributed by atoms with Gasteiger partial charge in [0, 0.05) is 12.3 Å². The standard InChI is InChI=1S/C15H19N3O2S/c1-9(20-7-6-10-2-3-10)14(19)18-15-17-12-5-4-11(16)8-13(12)21-15/h4-5,8-10H,2-3,6-7,16H2,1H3,(H,17,18,19). The van der Waals surface area contributed by atoms with Crippen LogP contribution >= 0.6 is 11.3 Å². The quantitative estimate of drug-likeness (QED) is 0.804. The summed E-state index contributed by atoms with van der Waals surface area (Å²) in [5.74, 6) is 0.660. The fraction of sp³-hybridized carbons (Fsp3) is 0.467. The smallest absolute Gasteiger partial charge is 0.254 e. The molecule has 1 heterocycles. The van der Waals surface area contributed by atoms with Gasteiger partial charge in [-0.15, -0.1) is 0 Å². The molecule has 21 heavy (non-hydrogen) atoms. The minimum atomic E-state index is -0.458. The van der Waals surface area contributed by atoms with Crippen molar-refractivity contribution in [3.05, 3.63) is 18.2 Å². The summed E-state index contributed by atoms with van der Waals surface area (Å²) in [5, 5.41) is 3.39. The number of nitrogens with zero attached hydrogens (tertiary/aromatic N) is 1. The van der Waals surface area contributed by atoms with E-state index in [-0.39, 0.29) is 5.91 Å². The molecule has 2 aromatic rings. The largest absolute Gasteiger partial charge is 0.399 e. The van der Waals surface area contributed by atoms with Gasteiger partial charge in [-0.05, 0) is 37.5 Å². The third-order valence-electron chi connectivity index (χ3n) is 3.60. The zero-order valence-corrected chi connectivity index (χ0v) is 12.8. The Balaban J connectivity index is 1.56. The van der Waals surface area contributed by atoms with Crippen LogP contribution in [0.5, 0.6) is 0 Å². The van der Waals surface area contributed by atoms with Crippen LogP contribution in [-0.2, 0) is 9.53 Å². The highest BCUT2D eigenvalue weighted by molar-refractivity contribution is 7.22. The summed E-state index contributed by atoms with van der Waals surface area (Å²) in [5.41, 5.74) is 7.27. The highest BCUT2D eigenvalue weighted by Crippen LogP contribution is 2.32. The Labute approximate surface area is 127 Å². The van der Waals surface area contributed by atoms with Crippen LogP contribution in [0.15, 0.2) is 18.2 Å². The van der Waals surface area contributed by atoms with Crippen molar-refractivity contribution in [3.8, 4) is 0 Å². The second kappa shape index (κ2) is 5.99. The Kier molecular flexibility index (Phi) is 4.07. The van der Waals surface area contributed by atoms with Gasteiger partial charge in [0.25, 0.3) is 5.91 Å². The molecule has 1 aromatic carbocycles. The molecule has 5 nitrogen and oxygen atoms in total. The van der Waals surface area contributed by atoms with Gasteiger partial charge >= 0.3 is 0 Å². The number of hydrogen-bond acceptors (Lipinski definition) is 5. The van der Waals surface area contributed by atoms with E-state index in [4.69, 9.17) is 10.5 Å². The summed E-state index contributed by atoms with van der Waals surface area (Å²) in [7, 11) is 0. The second-order valence-corrected chi connectivity index (χ2v) is 6.51. The first-order chi connectivity index (χ1) is 10.1. The molecule has 3 N–H and O–H groups in total. The van der Waals surface area contributed by atoms with E-state index in [2.05, 4.69) is 10.3 Å². The monoisotopic (exact) mass is 305 g/mol. The number of aromatic nitrogens is 1. The minimum Gasteiger partial charge on any atom is -0.399 e. The van der Waals surface area contributed by atoms with E-state index in [1.807, 2.05) is 12.1 Å². The third-order valence-corrected chi connectivity index (χ3v) is 4.54. The molecular formula is C15H19N3O2S. The number of amides is 1. The molecule has 3 rings (SSSR count). The Morgan fingerprint density at radius 3 is 3.14 bits per heavy atom. The van der Waals surface area contributed by atoms with Crippen molar-refractivity contribution in [2.45, 2.75) is 32.3 Å². The lowest BCUT2D eigenvalue weighted by molar-refractivity contribution is -0.126. The summed E-state index contributed by atoms with van der Waals surface area (Å²) in [6.07, 6.45) is 3.20. The molecule has 1 atom stereocenters. The predicted molar refractivity (Wildman–Crippen MR) is 85.4 cm³/mol. The number of fused-ring (bicyclic) bond motifs is 1. The lowest BCUT2D eigenvalue weighted by Gasteiger charge is -2.11. The number of anilines is 2. The summed E-state index contributed by atoms with van der Waals surface area (Å²) in [6, 6.07) is 5.52. The minimum absolute atomic E-state index is 0.155. The molecule has 0 saturated heterocycles. The highest BCUT2D eigenvalue weighted by Gasteiger charge is 2.22. The van der Waals surface area contributed by atoms with E-state index in [9.17, 15) is 4.79 Å². The van der Waals surface area contributed by atoms with Crippen LogP contribution in [0.4, 0.5) is 10.8 Å². The zero-order chi connectivity index (χ0) is 14.8. The van der Waals surface area contributed by atoms with Crippen LogP contribution in [0.3, 0.4) is 0 Å². The third kappa shape index (κ3) is 3.71. The molecule has 0 bridgehead atoms. The van der Waals surface area contributed by atoms with Gasteiger partial charge in [0.05, 0.1) is 10.2 Å². The number of hydrogen-bond donors (Lipinski definition) is 2. The maximum atomic E-state index is 12.1. The van der Waals surface area contributed by atoms with Gasteiger partial charge in [-0.1, -0.05) is 24.2 Å². The van der Waals surface area contributed by atoms with E-state index < -0.39 is 6.10 Å². The van der Waals surface area contributed by atoms with Gasteiger partial charge < -0.3 is 10.5 Å². The van der Waals surface area contributed by atoms with Gasteiger partial charge in [0.2, 0.25) is 0 Å². The molecule has 6 heteroatoms. The van der Waals surface area contributed by atoms with Crippen molar-refractivity contribution in [1.82, 2.24) is 4.98 Å². The molecule has 1 amide bonds. The number of nitrogens with two attached hydrogens (primary N) is 1. The molecule has 1 saturated carbocycles. The number of carbonyl (C=O) groups excluding carboxylic acids is 1. The van der Waals surface area contributed by atoms with Crippen LogP contribution in [0.25, 0.3) is 10.2 Å². The van der Waals surface area contributed by atoms with Crippen LogP contribution in [0.2, 0.25) is 0 Å². The van der Waals surface area contributed by atoms with E-state index in [0.29, 0.717) is 17.4 Å². The normalized spacial score (nSPS) is 16.0. The predicted octanol–water partition coefficient (Wildman–Crippen LogP) is 3.02.